The van der Waals surface area contributed by atoms with E-state index in [-0.39, 0.29) is 28.6 Å². The molecule has 32 heavy (non-hydrogen) atoms. The highest BCUT2D eigenvalue weighted by Crippen LogP contribution is 2.26. The van der Waals surface area contributed by atoms with Gasteiger partial charge < -0.3 is 0 Å². The number of aryl methyl sites for hydroxylation is 1. The number of nitrogens with zero attached hydrogens (tertiary/aromatic N) is 2. The summed E-state index contributed by atoms with van der Waals surface area (Å²) < 4.78 is 28.1. The number of hydrogen-bond acceptors (Lipinski definition) is 4. The zero-order valence-corrected chi connectivity index (χ0v) is 18.4. The molecule has 160 valence electrons. The molecule has 0 amide bonds. The van der Waals surface area contributed by atoms with E-state index >= 15 is 0 Å². The minimum Gasteiger partial charge on any atom is -0.289 e. The molecule has 0 fully saturated rings. The quantitative estimate of drug-likeness (QED) is 0.292. The fraction of sp³-hybridized carbons (Fsp3) is 0.0769. The van der Waals surface area contributed by atoms with Gasteiger partial charge in [-0.2, -0.15) is 0 Å². The predicted molar refractivity (Wildman–Crippen MR) is 127 cm³/mol. The van der Waals surface area contributed by atoms with E-state index < -0.39 is 10.0 Å². The number of fused-ring (bicyclic) bond motifs is 1. The Morgan fingerprint density at radius 2 is 1.59 bits per heavy atom. The third-order valence-corrected chi connectivity index (χ3v) is 6.97. The van der Waals surface area contributed by atoms with Crippen LogP contribution in [0.4, 0.5) is 5.82 Å². The molecule has 4 aromatic rings. The van der Waals surface area contributed by atoms with E-state index in [4.69, 9.17) is 0 Å². The topological polar surface area (TPSA) is 67.3 Å². The van der Waals surface area contributed by atoms with Crippen LogP contribution in [-0.4, -0.2) is 25.7 Å². The zero-order valence-electron chi connectivity index (χ0n) is 17.6. The number of rotatable bonds is 7. The van der Waals surface area contributed by atoms with E-state index in [1.165, 1.54) is 6.20 Å². The second kappa shape index (κ2) is 8.77. The van der Waals surface area contributed by atoms with Gasteiger partial charge in [0.2, 0.25) is 0 Å². The van der Waals surface area contributed by atoms with Gasteiger partial charge in [-0.3, -0.25) is 4.79 Å². The lowest BCUT2D eigenvalue weighted by Crippen LogP contribution is -2.34. The SMILES string of the molecule is C=C(CN(c1ccccn1)S(=O)(=O)c1ccc(C)cc1)C(=O)c1cccc2ccccc12. The molecule has 0 saturated carbocycles. The molecule has 6 heteroatoms. The van der Waals surface area contributed by atoms with Crippen molar-refractivity contribution < 1.29 is 13.2 Å². The summed E-state index contributed by atoms with van der Waals surface area (Å²) >= 11 is 0. The minimum atomic E-state index is -3.97. The van der Waals surface area contributed by atoms with E-state index in [9.17, 15) is 13.2 Å². The van der Waals surface area contributed by atoms with Gasteiger partial charge in [0.25, 0.3) is 10.0 Å². The predicted octanol–water partition coefficient (Wildman–Crippen LogP) is 5.18. The highest BCUT2D eigenvalue weighted by molar-refractivity contribution is 7.92. The van der Waals surface area contributed by atoms with Crippen molar-refractivity contribution in [2.45, 2.75) is 11.8 Å². The van der Waals surface area contributed by atoms with Gasteiger partial charge in [0.05, 0.1) is 11.4 Å². The molecular formula is C26H22N2O3S. The van der Waals surface area contributed by atoms with Crippen molar-refractivity contribution >= 4 is 32.4 Å². The summed E-state index contributed by atoms with van der Waals surface area (Å²) in [6, 6.07) is 24.6. The van der Waals surface area contributed by atoms with Crippen LogP contribution in [0.15, 0.2) is 108 Å². The highest BCUT2D eigenvalue weighted by Gasteiger charge is 2.28. The lowest BCUT2D eigenvalue weighted by atomic mass is 9.98. The van der Waals surface area contributed by atoms with Crippen molar-refractivity contribution in [1.29, 1.82) is 0 Å². The van der Waals surface area contributed by atoms with Crippen LogP contribution in [0.1, 0.15) is 15.9 Å². The smallest absolute Gasteiger partial charge is 0.265 e. The molecule has 0 aliphatic carbocycles. The number of sulfonamides is 1. The Labute approximate surface area is 187 Å². The van der Waals surface area contributed by atoms with Crippen LogP contribution >= 0.6 is 0 Å². The van der Waals surface area contributed by atoms with Crippen molar-refractivity contribution in [2.24, 2.45) is 0 Å². The highest BCUT2D eigenvalue weighted by atomic mass is 32.2. The minimum absolute atomic E-state index is 0.124. The van der Waals surface area contributed by atoms with Crippen molar-refractivity contribution in [1.82, 2.24) is 4.98 Å². The number of benzene rings is 3. The summed E-state index contributed by atoms with van der Waals surface area (Å²) in [7, 11) is -3.97. The number of ketones is 1. The van der Waals surface area contributed by atoms with Gasteiger partial charge in [0.15, 0.2) is 5.78 Å². The van der Waals surface area contributed by atoms with Crippen molar-refractivity contribution in [3.05, 3.63) is 114 Å². The first-order chi connectivity index (χ1) is 15.4. The number of anilines is 1. The molecule has 0 radical (unpaired) electrons. The molecule has 0 bridgehead atoms. The largest absolute Gasteiger partial charge is 0.289 e. The maximum Gasteiger partial charge on any atom is 0.265 e. The van der Waals surface area contributed by atoms with Crippen molar-refractivity contribution in [2.75, 3.05) is 10.8 Å². The molecule has 0 spiro atoms. The summed E-state index contributed by atoms with van der Waals surface area (Å²) in [6.07, 6.45) is 1.52. The Balaban J connectivity index is 1.72. The van der Waals surface area contributed by atoms with Gasteiger partial charge in [-0.25, -0.2) is 17.7 Å². The summed E-state index contributed by atoms with van der Waals surface area (Å²) in [5.41, 5.74) is 1.59. The molecule has 1 aromatic heterocycles. The second-order valence-corrected chi connectivity index (χ2v) is 9.33. The van der Waals surface area contributed by atoms with Gasteiger partial charge in [-0.05, 0) is 42.0 Å². The Kier molecular flexibility index (Phi) is 5.88. The van der Waals surface area contributed by atoms with Gasteiger partial charge in [0, 0.05) is 17.3 Å². The number of aromatic nitrogens is 1. The van der Waals surface area contributed by atoms with Crippen LogP contribution in [0.5, 0.6) is 0 Å². The Morgan fingerprint density at radius 3 is 2.31 bits per heavy atom. The first-order valence-electron chi connectivity index (χ1n) is 10.1. The van der Waals surface area contributed by atoms with Gasteiger partial charge >= 0.3 is 0 Å². The van der Waals surface area contributed by atoms with Gasteiger partial charge in [-0.1, -0.05) is 72.8 Å². The van der Waals surface area contributed by atoms with E-state index in [2.05, 4.69) is 11.6 Å². The molecule has 5 nitrogen and oxygen atoms in total. The first kappa shape index (κ1) is 21.5. The fourth-order valence-electron chi connectivity index (χ4n) is 3.49. The number of Topliss-reactive ketones (excluding diaryl/α,β-unsaturated/α-hetero) is 1. The standard InChI is InChI=1S/C26H22N2O3S/c1-19-13-15-22(16-14-19)32(30,31)28(25-12-5-6-17-27-25)18-20(2)26(29)24-11-7-9-21-8-3-4-10-23(21)24/h3-17H,2,18H2,1H3. The lowest BCUT2D eigenvalue weighted by molar-refractivity contribution is 0.103. The first-order valence-corrected chi connectivity index (χ1v) is 11.5. The molecule has 0 aliphatic rings. The molecule has 0 unspecified atom stereocenters. The molecular weight excluding hydrogens is 420 g/mol. The van der Waals surface area contributed by atoms with Crippen molar-refractivity contribution in [3.63, 3.8) is 0 Å². The van der Waals surface area contributed by atoms with Crippen LogP contribution in [0.25, 0.3) is 10.8 Å². The molecule has 0 N–H and O–H groups in total. The summed E-state index contributed by atoms with van der Waals surface area (Å²) in [4.78, 5) is 17.6. The van der Waals surface area contributed by atoms with E-state index in [0.717, 1.165) is 20.6 Å². The van der Waals surface area contributed by atoms with E-state index in [1.54, 1.807) is 48.5 Å². The third kappa shape index (κ3) is 4.18. The van der Waals surface area contributed by atoms with Gasteiger partial charge in [0.1, 0.15) is 5.82 Å². The molecule has 0 atom stereocenters. The Hall–Kier alpha value is -3.77. The monoisotopic (exact) mass is 442 g/mol. The maximum atomic E-state index is 13.5. The van der Waals surface area contributed by atoms with E-state index in [0.29, 0.717) is 5.56 Å². The molecule has 1 heterocycles. The summed E-state index contributed by atoms with van der Waals surface area (Å²) in [5.74, 6) is -0.0817. The zero-order chi connectivity index (χ0) is 22.7. The average molecular weight is 443 g/mol. The fourth-order valence-corrected chi connectivity index (χ4v) is 4.90. The third-order valence-electron chi connectivity index (χ3n) is 5.20. The van der Waals surface area contributed by atoms with Crippen molar-refractivity contribution in [3.8, 4) is 0 Å². The average Bonchev–Trinajstić information content (AvgIpc) is 2.82. The summed E-state index contributed by atoms with van der Waals surface area (Å²) in [5, 5.41) is 1.73. The number of carbonyl (C=O) groups excluding carboxylic acids is 1. The maximum absolute atomic E-state index is 13.5. The number of hydrogen-bond donors (Lipinski definition) is 0. The number of carbonyl (C=O) groups is 1. The van der Waals surface area contributed by atoms with Crippen LogP contribution in [0.2, 0.25) is 0 Å². The molecule has 0 aliphatic heterocycles. The van der Waals surface area contributed by atoms with Crippen LogP contribution < -0.4 is 4.31 Å². The van der Waals surface area contributed by atoms with Crippen LogP contribution in [-0.2, 0) is 10.0 Å². The summed E-state index contributed by atoms with van der Waals surface area (Å²) in [6.45, 7) is 5.61. The van der Waals surface area contributed by atoms with Gasteiger partial charge in [-0.15, -0.1) is 0 Å². The normalized spacial score (nSPS) is 11.3. The Morgan fingerprint density at radius 1 is 0.906 bits per heavy atom. The lowest BCUT2D eigenvalue weighted by Gasteiger charge is -2.24. The molecule has 3 aromatic carbocycles. The van der Waals surface area contributed by atoms with E-state index in [1.807, 2.05) is 43.3 Å². The molecule has 0 saturated heterocycles. The molecule has 4 rings (SSSR count). The number of pyridine rings is 1. The van der Waals surface area contributed by atoms with Crippen LogP contribution in [0.3, 0.4) is 0 Å². The second-order valence-electron chi connectivity index (χ2n) is 7.47. The van der Waals surface area contributed by atoms with Crippen LogP contribution in [0, 0.1) is 6.92 Å². The Bertz CT molecular complexity index is 1390.